The first-order chi connectivity index (χ1) is 5.45. The number of carbonyl (C=O) groups is 1. The smallest absolute Gasteiger partial charge is 0.332 e. The topological polar surface area (TPSA) is 46.5 Å². The lowest BCUT2D eigenvalue weighted by Crippen LogP contribution is -2.34. The molecule has 0 aliphatic heterocycles. The number of aliphatic carboxylic acids is 1. The molecular weight excluding hydrogens is 156 g/mol. The second kappa shape index (κ2) is 4.45. The fourth-order valence-electron chi connectivity index (χ4n) is 0.894. The van der Waals surface area contributed by atoms with Crippen molar-refractivity contribution in [1.29, 1.82) is 0 Å². The molecule has 12 heavy (non-hydrogen) atoms. The van der Waals surface area contributed by atoms with Crippen molar-refractivity contribution in [2.75, 3.05) is 0 Å². The average molecular weight is 174 g/mol. The van der Waals surface area contributed by atoms with Crippen LogP contribution < -0.4 is 0 Å². The van der Waals surface area contributed by atoms with Crippen LogP contribution >= 0.6 is 0 Å². The SMILES string of the molecule is CCC(C)(CC)OC(C)C(=O)O. The molecule has 1 atom stereocenters. The van der Waals surface area contributed by atoms with Gasteiger partial charge in [-0.2, -0.15) is 0 Å². The molecule has 0 aliphatic carbocycles. The summed E-state index contributed by atoms with van der Waals surface area (Å²) in [5.74, 6) is -0.900. The molecule has 3 nitrogen and oxygen atoms in total. The molecule has 3 heteroatoms. The van der Waals surface area contributed by atoms with Crippen LogP contribution in [0.3, 0.4) is 0 Å². The van der Waals surface area contributed by atoms with Crippen LogP contribution in [0.25, 0.3) is 0 Å². The summed E-state index contributed by atoms with van der Waals surface area (Å²) < 4.78 is 5.40. The molecule has 0 heterocycles. The third kappa shape index (κ3) is 3.22. The molecule has 0 bridgehead atoms. The summed E-state index contributed by atoms with van der Waals surface area (Å²) in [6, 6.07) is 0. The Morgan fingerprint density at radius 3 is 2.17 bits per heavy atom. The minimum absolute atomic E-state index is 0.294. The summed E-state index contributed by atoms with van der Waals surface area (Å²) in [5.41, 5.74) is -0.294. The minimum atomic E-state index is -0.900. The molecule has 0 radical (unpaired) electrons. The Hall–Kier alpha value is -0.570. The normalized spacial score (nSPS) is 14.3. The van der Waals surface area contributed by atoms with Crippen molar-refractivity contribution in [3.8, 4) is 0 Å². The molecule has 0 saturated carbocycles. The zero-order valence-electron chi connectivity index (χ0n) is 8.26. The van der Waals surface area contributed by atoms with Crippen LogP contribution in [-0.4, -0.2) is 22.8 Å². The molecular formula is C9H18O3. The number of hydrogen-bond acceptors (Lipinski definition) is 2. The van der Waals surface area contributed by atoms with Crippen LogP contribution in [0.4, 0.5) is 0 Å². The molecule has 0 fully saturated rings. The number of ether oxygens (including phenoxy) is 1. The van der Waals surface area contributed by atoms with Crippen LogP contribution in [0.2, 0.25) is 0 Å². The second-order valence-electron chi connectivity index (χ2n) is 3.26. The number of carboxylic acid groups (broad SMARTS) is 1. The zero-order valence-corrected chi connectivity index (χ0v) is 8.26. The van der Waals surface area contributed by atoms with E-state index in [-0.39, 0.29) is 5.60 Å². The zero-order chi connectivity index (χ0) is 9.78. The van der Waals surface area contributed by atoms with E-state index in [0.717, 1.165) is 12.8 Å². The molecule has 0 amide bonds. The number of hydrogen-bond donors (Lipinski definition) is 1. The molecule has 0 aromatic carbocycles. The van der Waals surface area contributed by atoms with Crippen LogP contribution in [0, 0.1) is 0 Å². The fraction of sp³-hybridized carbons (Fsp3) is 0.889. The monoisotopic (exact) mass is 174 g/mol. The Bertz CT molecular complexity index is 150. The summed E-state index contributed by atoms with van der Waals surface area (Å²) in [4.78, 5) is 10.5. The Kier molecular flexibility index (Phi) is 4.24. The maximum atomic E-state index is 10.5. The Morgan fingerprint density at radius 2 is 1.92 bits per heavy atom. The fourth-order valence-corrected chi connectivity index (χ4v) is 0.894. The van der Waals surface area contributed by atoms with Crippen molar-refractivity contribution < 1.29 is 14.6 Å². The lowest BCUT2D eigenvalue weighted by Gasteiger charge is -2.29. The van der Waals surface area contributed by atoms with Crippen LogP contribution in [0.1, 0.15) is 40.5 Å². The predicted molar refractivity (Wildman–Crippen MR) is 47.2 cm³/mol. The molecule has 0 saturated heterocycles. The van der Waals surface area contributed by atoms with Crippen LogP contribution in [0.15, 0.2) is 0 Å². The van der Waals surface area contributed by atoms with Crippen molar-refractivity contribution >= 4 is 5.97 Å². The third-order valence-corrected chi connectivity index (χ3v) is 2.30. The summed E-state index contributed by atoms with van der Waals surface area (Å²) in [6.07, 6.45) is 0.956. The molecule has 1 N–H and O–H groups in total. The average Bonchev–Trinajstić information content (AvgIpc) is 2.04. The van der Waals surface area contributed by atoms with Gasteiger partial charge in [0.25, 0.3) is 0 Å². The van der Waals surface area contributed by atoms with E-state index in [0.29, 0.717) is 0 Å². The van der Waals surface area contributed by atoms with Crippen LogP contribution in [0.5, 0.6) is 0 Å². The summed E-state index contributed by atoms with van der Waals surface area (Å²) in [6.45, 7) is 7.49. The predicted octanol–water partition coefficient (Wildman–Crippen LogP) is 2.05. The molecule has 0 aromatic heterocycles. The summed E-state index contributed by atoms with van der Waals surface area (Å²) in [7, 11) is 0. The van der Waals surface area contributed by atoms with Gasteiger partial charge in [-0.3, -0.25) is 0 Å². The van der Waals surface area contributed by atoms with Gasteiger partial charge in [0.05, 0.1) is 5.60 Å². The second-order valence-corrected chi connectivity index (χ2v) is 3.26. The van der Waals surface area contributed by atoms with Gasteiger partial charge >= 0.3 is 5.97 Å². The molecule has 0 aromatic rings. The first kappa shape index (κ1) is 11.4. The maximum absolute atomic E-state index is 10.5. The highest BCUT2D eigenvalue weighted by atomic mass is 16.5. The standard InChI is InChI=1S/C9H18O3/c1-5-9(4,6-2)12-7(3)8(10)11/h7H,5-6H2,1-4H3,(H,10,11). The molecule has 0 rings (SSSR count). The van der Waals surface area contributed by atoms with Gasteiger partial charge in [-0.1, -0.05) is 13.8 Å². The number of carboxylic acids is 1. The largest absolute Gasteiger partial charge is 0.479 e. The highest BCUT2D eigenvalue weighted by molar-refractivity contribution is 5.71. The van der Waals surface area contributed by atoms with Crippen molar-refractivity contribution in [1.82, 2.24) is 0 Å². The lowest BCUT2D eigenvalue weighted by atomic mass is 10.00. The Balaban J connectivity index is 4.11. The quantitative estimate of drug-likeness (QED) is 0.694. The first-order valence-corrected chi connectivity index (χ1v) is 4.35. The third-order valence-electron chi connectivity index (χ3n) is 2.30. The Morgan fingerprint density at radius 1 is 1.50 bits per heavy atom. The van der Waals surface area contributed by atoms with E-state index in [1.54, 1.807) is 6.92 Å². The minimum Gasteiger partial charge on any atom is -0.479 e. The summed E-state index contributed by atoms with van der Waals surface area (Å²) in [5, 5.41) is 8.61. The van der Waals surface area contributed by atoms with Gasteiger partial charge in [0, 0.05) is 0 Å². The first-order valence-electron chi connectivity index (χ1n) is 4.35. The molecule has 0 spiro atoms. The molecule has 0 aliphatic rings. The van der Waals surface area contributed by atoms with E-state index in [2.05, 4.69) is 0 Å². The Labute approximate surface area is 73.7 Å². The van der Waals surface area contributed by atoms with Gasteiger partial charge < -0.3 is 9.84 Å². The molecule has 1 unspecified atom stereocenters. The van der Waals surface area contributed by atoms with Gasteiger partial charge in [-0.25, -0.2) is 4.79 Å². The van der Waals surface area contributed by atoms with Crippen LogP contribution in [-0.2, 0) is 9.53 Å². The van der Waals surface area contributed by atoms with E-state index in [1.165, 1.54) is 0 Å². The lowest BCUT2D eigenvalue weighted by molar-refractivity contribution is -0.161. The van der Waals surface area contributed by atoms with E-state index < -0.39 is 12.1 Å². The maximum Gasteiger partial charge on any atom is 0.332 e. The van der Waals surface area contributed by atoms with Crippen molar-refractivity contribution in [2.45, 2.75) is 52.2 Å². The highest BCUT2D eigenvalue weighted by Gasteiger charge is 2.25. The number of rotatable bonds is 5. The van der Waals surface area contributed by atoms with E-state index in [1.807, 2.05) is 20.8 Å². The van der Waals surface area contributed by atoms with E-state index in [4.69, 9.17) is 9.84 Å². The van der Waals surface area contributed by atoms with Crippen molar-refractivity contribution in [2.24, 2.45) is 0 Å². The van der Waals surface area contributed by atoms with Gasteiger partial charge in [-0.05, 0) is 26.7 Å². The van der Waals surface area contributed by atoms with Gasteiger partial charge in [0.1, 0.15) is 0 Å². The van der Waals surface area contributed by atoms with Gasteiger partial charge in [0.2, 0.25) is 0 Å². The highest BCUT2D eigenvalue weighted by Crippen LogP contribution is 2.21. The van der Waals surface area contributed by atoms with Gasteiger partial charge in [0.15, 0.2) is 6.10 Å². The van der Waals surface area contributed by atoms with Crippen molar-refractivity contribution in [3.63, 3.8) is 0 Å². The van der Waals surface area contributed by atoms with E-state index in [9.17, 15) is 4.79 Å². The molecule has 72 valence electrons. The van der Waals surface area contributed by atoms with Crippen molar-refractivity contribution in [3.05, 3.63) is 0 Å². The summed E-state index contributed by atoms with van der Waals surface area (Å²) >= 11 is 0. The van der Waals surface area contributed by atoms with E-state index >= 15 is 0 Å². The van der Waals surface area contributed by atoms with Gasteiger partial charge in [-0.15, -0.1) is 0 Å².